The van der Waals surface area contributed by atoms with E-state index >= 15 is 0 Å². The summed E-state index contributed by atoms with van der Waals surface area (Å²) in [4.78, 5) is 11.8. The molecule has 0 N–H and O–H groups in total. The van der Waals surface area contributed by atoms with E-state index in [0.29, 0.717) is 0 Å². The molecule has 0 radical (unpaired) electrons. The van der Waals surface area contributed by atoms with Gasteiger partial charge in [0, 0.05) is 13.2 Å². The molecule has 1 rings (SSSR count). The zero-order valence-electron chi connectivity index (χ0n) is 12.2. The van der Waals surface area contributed by atoms with Crippen LogP contribution in [0.2, 0.25) is 19.6 Å². The first-order chi connectivity index (χ1) is 8.83. The van der Waals surface area contributed by atoms with E-state index in [1.807, 2.05) is 50.0 Å². The van der Waals surface area contributed by atoms with Gasteiger partial charge in [-0.25, -0.2) is 0 Å². The quantitative estimate of drug-likeness (QED) is 0.757. The van der Waals surface area contributed by atoms with Crippen molar-refractivity contribution in [1.29, 1.82) is 0 Å². The Kier molecular flexibility index (Phi) is 5.48. The van der Waals surface area contributed by atoms with Crippen molar-refractivity contribution in [2.75, 3.05) is 14.2 Å². The van der Waals surface area contributed by atoms with E-state index in [1.54, 1.807) is 7.11 Å². The summed E-state index contributed by atoms with van der Waals surface area (Å²) in [5.41, 5.74) is 0.907. The zero-order chi connectivity index (χ0) is 14.5. The molecule has 0 spiro atoms. The van der Waals surface area contributed by atoms with E-state index in [-0.39, 0.29) is 5.59 Å². The maximum absolute atomic E-state index is 11.8. The van der Waals surface area contributed by atoms with Gasteiger partial charge in [-0.05, 0) is 25.2 Å². The minimum absolute atomic E-state index is 0.253. The summed E-state index contributed by atoms with van der Waals surface area (Å²) < 4.78 is 16.5. The lowest BCUT2D eigenvalue weighted by Crippen LogP contribution is -2.54. The fraction of sp³-hybridized carbons (Fsp3) is 0.462. The number of methoxy groups -OCH3 is 1. The lowest BCUT2D eigenvalue weighted by atomic mass is 10.2. The molecule has 1 atom stereocenters. The molecule has 106 valence electrons. The van der Waals surface area contributed by atoms with E-state index in [9.17, 15) is 4.79 Å². The van der Waals surface area contributed by atoms with Crippen LogP contribution in [0, 0.1) is 0 Å². The van der Waals surface area contributed by atoms with Crippen LogP contribution in [0.3, 0.4) is 0 Å². The molecule has 0 aliphatic carbocycles. The Bertz CT molecular complexity index is 422. The molecular weight excluding hydrogens is 276 g/mol. The molecule has 4 nitrogen and oxygen atoms in total. The van der Waals surface area contributed by atoms with Crippen LogP contribution in [-0.4, -0.2) is 36.7 Å². The van der Waals surface area contributed by atoms with Gasteiger partial charge in [-0.15, -0.1) is 0 Å². The van der Waals surface area contributed by atoms with E-state index in [4.69, 9.17) is 13.3 Å². The van der Waals surface area contributed by atoms with E-state index < -0.39 is 16.9 Å². The molecule has 1 aromatic rings. The van der Waals surface area contributed by atoms with E-state index in [0.717, 1.165) is 11.6 Å². The Morgan fingerprint density at radius 1 is 1.11 bits per heavy atom. The minimum Gasteiger partial charge on any atom is -0.471 e. The molecule has 0 saturated carbocycles. The van der Waals surface area contributed by atoms with Crippen molar-refractivity contribution in [3.8, 4) is 0 Å². The van der Waals surface area contributed by atoms with E-state index in [1.165, 1.54) is 7.11 Å². The highest BCUT2D eigenvalue weighted by atomic mass is 28.4. The summed E-state index contributed by atoms with van der Waals surface area (Å²) >= 11 is 0. The van der Waals surface area contributed by atoms with Crippen molar-refractivity contribution in [3.63, 3.8) is 0 Å². The first kappa shape index (κ1) is 16.1. The molecule has 0 heterocycles. The lowest BCUT2D eigenvalue weighted by molar-refractivity contribution is 0.189. The normalized spacial score (nSPS) is 14.8. The number of rotatable bonds is 6. The molecule has 0 saturated heterocycles. The molecule has 0 aromatic heterocycles. The average Bonchev–Trinajstić information content (AvgIpc) is 2.38. The summed E-state index contributed by atoms with van der Waals surface area (Å²) in [5, 5.41) is 0. The Hall–Kier alpha value is -0.956. The van der Waals surface area contributed by atoms with Crippen molar-refractivity contribution in [2.45, 2.75) is 25.7 Å². The summed E-state index contributed by atoms with van der Waals surface area (Å²) in [5.74, 6) is 0. The topological polar surface area (TPSA) is 44.8 Å². The second-order valence-electron chi connectivity index (χ2n) is 5.10. The Balaban J connectivity index is 2.84. The van der Waals surface area contributed by atoms with Crippen molar-refractivity contribution in [3.05, 3.63) is 35.9 Å². The summed E-state index contributed by atoms with van der Waals surface area (Å²) in [7, 11) is -1.92. The highest BCUT2D eigenvalue weighted by Gasteiger charge is 2.44. The molecular formula is C13H22O4Si2. The van der Waals surface area contributed by atoms with Crippen LogP contribution >= 0.6 is 0 Å². The van der Waals surface area contributed by atoms with Crippen LogP contribution < -0.4 is 0 Å². The van der Waals surface area contributed by atoms with Gasteiger partial charge in [-0.3, -0.25) is 4.79 Å². The van der Waals surface area contributed by atoms with Gasteiger partial charge in [0.05, 0.1) is 7.11 Å². The van der Waals surface area contributed by atoms with Gasteiger partial charge in [0.25, 0.3) is 0 Å². The molecule has 0 aliphatic rings. The maximum Gasteiger partial charge on any atom is 0.329 e. The smallest absolute Gasteiger partial charge is 0.329 e. The van der Waals surface area contributed by atoms with Gasteiger partial charge in [0.15, 0.2) is 0 Å². The SMILES string of the molecule is COC(=O)[Si](C)(C)O[Si](C)(Cc1ccccc1)OC. The third-order valence-electron chi connectivity index (χ3n) is 2.95. The van der Waals surface area contributed by atoms with Gasteiger partial charge in [0.1, 0.15) is 0 Å². The van der Waals surface area contributed by atoms with Crippen molar-refractivity contribution in [2.24, 2.45) is 0 Å². The highest BCUT2D eigenvalue weighted by molar-refractivity contribution is 7.02. The van der Waals surface area contributed by atoms with Crippen LogP contribution in [0.5, 0.6) is 0 Å². The summed E-state index contributed by atoms with van der Waals surface area (Å²) in [6, 6.07) is 10.8. The second-order valence-corrected chi connectivity index (χ2v) is 12.4. The van der Waals surface area contributed by atoms with Crippen LogP contribution in [0.15, 0.2) is 30.3 Å². The van der Waals surface area contributed by atoms with Crippen LogP contribution in [0.1, 0.15) is 5.56 Å². The molecule has 6 heteroatoms. The lowest BCUT2D eigenvalue weighted by Gasteiger charge is -2.32. The number of hydrogen-bond donors (Lipinski definition) is 0. The third kappa shape index (κ3) is 4.57. The predicted octanol–water partition coefficient (Wildman–Crippen LogP) is 3.06. The molecule has 0 amide bonds. The van der Waals surface area contributed by atoms with Gasteiger partial charge in [-0.2, -0.15) is 0 Å². The third-order valence-corrected chi connectivity index (χ3v) is 9.82. The molecule has 0 bridgehead atoms. The highest BCUT2D eigenvalue weighted by Crippen LogP contribution is 2.21. The van der Waals surface area contributed by atoms with Crippen molar-refractivity contribution in [1.82, 2.24) is 0 Å². The maximum atomic E-state index is 11.8. The fourth-order valence-corrected chi connectivity index (χ4v) is 8.83. The fourth-order valence-electron chi connectivity index (χ4n) is 1.94. The Labute approximate surface area is 117 Å². The van der Waals surface area contributed by atoms with Crippen LogP contribution in [-0.2, 0) is 19.3 Å². The van der Waals surface area contributed by atoms with Gasteiger partial charge < -0.3 is 13.3 Å². The van der Waals surface area contributed by atoms with Gasteiger partial charge in [-0.1, -0.05) is 30.3 Å². The number of hydrogen-bond acceptors (Lipinski definition) is 4. The molecule has 0 aliphatic heterocycles. The Morgan fingerprint density at radius 2 is 1.68 bits per heavy atom. The number of ether oxygens (including phenoxy) is 1. The van der Waals surface area contributed by atoms with Crippen LogP contribution in [0.4, 0.5) is 4.79 Å². The average molecular weight is 298 g/mol. The molecule has 19 heavy (non-hydrogen) atoms. The first-order valence-corrected chi connectivity index (χ1v) is 11.6. The van der Waals surface area contributed by atoms with E-state index in [2.05, 4.69) is 0 Å². The molecule has 1 unspecified atom stereocenters. The Morgan fingerprint density at radius 3 is 2.16 bits per heavy atom. The number of carbonyl (C=O) groups is 1. The predicted molar refractivity (Wildman–Crippen MR) is 79.7 cm³/mol. The first-order valence-electron chi connectivity index (χ1n) is 6.20. The standard InChI is InChI=1S/C13H22O4Si2/c1-15-13(14)18(3,4)17-19(5,16-2)11-12-9-7-6-8-10-12/h6-10H,11H2,1-5H3. The molecule has 0 fully saturated rings. The van der Waals surface area contributed by atoms with Gasteiger partial charge >= 0.3 is 22.5 Å². The second kappa shape index (κ2) is 6.47. The summed E-state index contributed by atoms with van der Waals surface area (Å²) in [6.07, 6.45) is 0. The molecule has 1 aromatic carbocycles. The van der Waals surface area contributed by atoms with Gasteiger partial charge in [0.2, 0.25) is 0 Å². The largest absolute Gasteiger partial charge is 0.471 e. The van der Waals surface area contributed by atoms with Crippen molar-refractivity contribution < 1.29 is 18.1 Å². The number of benzene rings is 1. The van der Waals surface area contributed by atoms with Crippen molar-refractivity contribution >= 4 is 22.5 Å². The number of carbonyl (C=O) groups excluding carboxylic acids is 1. The van der Waals surface area contributed by atoms with Crippen LogP contribution in [0.25, 0.3) is 0 Å². The minimum atomic E-state index is -2.54. The summed E-state index contributed by atoms with van der Waals surface area (Å²) in [6.45, 7) is 5.67. The monoisotopic (exact) mass is 298 g/mol. The zero-order valence-corrected chi connectivity index (χ0v) is 14.2.